The van der Waals surface area contributed by atoms with Gasteiger partial charge in [-0.1, -0.05) is 29.8 Å². The number of para-hydroxylation sites is 1. The lowest BCUT2D eigenvalue weighted by atomic mass is 10.1. The van der Waals surface area contributed by atoms with Gasteiger partial charge >= 0.3 is 0 Å². The first-order valence-corrected chi connectivity index (χ1v) is 10.1. The van der Waals surface area contributed by atoms with E-state index in [4.69, 9.17) is 26.1 Å². The summed E-state index contributed by atoms with van der Waals surface area (Å²) < 4.78 is 11.9. The highest BCUT2D eigenvalue weighted by atomic mass is 35.5. The lowest BCUT2D eigenvalue weighted by molar-refractivity contribution is 0.248. The second-order valence-corrected chi connectivity index (χ2v) is 7.32. The van der Waals surface area contributed by atoms with E-state index in [1.807, 2.05) is 43.3 Å². The summed E-state index contributed by atoms with van der Waals surface area (Å²) in [5.74, 6) is 1.47. The zero-order chi connectivity index (χ0) is 18.6. The molecule has 5 heteroatoms. The van der Waals surface area contributed by atoms with Crippen LogP contribution in [0.1, 0.15) is 26.2 Å². The highest BCUT2D eigenvalue weighted by Crippen LogP contribution is 2.37. The molecule has 1 saturated heterocycles. The first-order chi connectivity index (χ1) is 13.3. The zero-order valence-electron chi connectivity index (χ0n) is 15.7. The van der Waals surface area contributed by atoms with E-state index in [2.05, 4.69) is 4.90 Å². The van der Waals surface area contributed by atoms with Crippen LogP contribution in [0.25, 0.3) is 21.8 Å². The molecule has 1 aromatic heterocycles. The van der Waals surface area contributed by atoms with Crippen LogP contribution in [-0.4, -0.2) is 42.7 Å². The van der Waals surface area contributed by atoms with E-state index in [1.54, 1.807) is 0 Å². The van der Waals surface area contributed by atoms with E-state index >= 15 is 0 Å². The molecule has 0 radical (unpaired) electrons. The number of likely N-dealkylation sites (tertiary alicyclic amines) is 1. The van der Waals surface area contributed by atoms with Crippen LogP contribution in [0, 0.1) is 0 Å². The Kier molecular flexibility index (Phi) is 5.65. The third kappa shape index (κ3) is 3.97. The quantitative estimate of drug-likeness (QED) is 0.408. The van der Waals surface area contributed by atoms with Crippen molar-refractivity contribution in [3.05, 3.63) is 41.4 Å². The lowest BCUT2D eigenvalue weighted by Crippen LogP contribution is -2.21. The standard InChI is InChI=1S/C22H25ClN2O2/c1-2-26-20-14-17-19(24-18-9-4-3-8-16(18)22(17)23)15-21(20)27-13-7-12-25-10-5-6-11-25/h3-4,8-9,14-15H,2,5-7,10-13H2,1H3. The molecule has 0 unspecified atom stereocenters. The topological polar surface area (TPSA) is 34.6 Å². The highest BCUT2D eigenvalue weighted by Gasteiger charge is 2.14. The summed E-state index contributed by atoms with van der Waals surface area (Å²) in [7, 11) is 0. The molecule has 2 aromatic carbocycles. The molecular weight excluding hydrogens is 360 g/mol. The first kappa shape index (κ1) is 18.3. The minimum absolute atomic E-state index is 0.578. The number of pyridine rings is 1. The average molecular weight is 385 g/mol. The summed E-state index contributed by atoms with van der Waals surface area (Å²) in [6.45, 7) is 6.75. The second-order valence-electron chi connectivity index (χ2n) is 6.94. The Morgan fingerprint density at radius 2 is 1.78 bits per heavy atom. The number of hydrogen-bond acceptors (Lipinski definition) is 4. The van der Waals surface area contributed by atoms with Crippen molar-refractivity contribution in [3.8, 4) is 11.5 Å². The van der Waals surface area contributed by atoms with E-state index in [0.717, 1.165) is 46.3 Å². The molecule has 0 atom stereocenters. The predicted molar refractivity (Wildman–Crippen MR) is 111 cm³/mol. The fraction of sp³-hybridized carbons (Fsp3) is 0.409. The fourth-order valence-electron chi connectivity index (χ4n) is 3.71. The number of halogens is 1. The maximum atomic E-state index is 6.66. The summed E-state index contributed by atoms with van der Waals surface area (Å²) in [6, 6.07) is 11.8. The largest absolute Gasteiger partial charge is 0.490 e. The van der Waals surface area contributed by atoms with Crippen molar-refractivity contribution in [2.45, 2.75) is 26.2 Å². The van der Waals surface area contributed by atoms with E-state index in [0.29, 0.717) is 18.2 Å². The number of aromatic nitrogens is 1. The van der Waals surface area contributed by atoms with Crippen LogP contribution < -0.4 is 9.47 Å². The molecule has 1 aliphatic rings. The Balaban J connectivity index is 1.60. The molecular formula is C22H25ClN2O2. The number of nitrogens with zero attached hydrogens (tertiary/aromatic N) is 2. The number of fused-ring (bicyclic) bond motifs is 2. The molecule has 0 aliphatic carbocycles. The Morgan fingerprint density at radius 3 is 2.59 bits per heavy atom. The molecule has 2 heterocycles. The van der Waals surface area contributed by atoms with Gasteiger partial charge in [-0.3, -0.25) is 0 Å². The van der Waals surface area contributed by atoms with Gasteiger partial charge < -0.3 is 14.4 Å². The minimum Gasteiger partial charge on any atom is -0.490 e. The Bertz CT molecular complexity index is 938. The summed E-state index contributed by atoms with van der Waals surface area (Å²) in [6.07, 6.45) is 3.65. The molecule has 0 N–H and O–H groups in total. The first-order valence-electron chi connectivity index (χ1n) is 9.76. The van der Waals surface area contributed by atoms with Gasteiger partial charge in [0.15, 0.2) is 11.5 Å². The molecule has 3 aromatic rings. The average Bonchev–Trinajstić information content (AvgIpc) is 3.20. The van der Waals surface area contributed by atoms with Gasteiger partial charge in [0.2, 0.25) is 0 Å². The van der Waals surface area contributed by atoms with Gasteiger partial charge in [-0.25, -0.2) is 4.98 Å². The number of ether oxygens (including phenoxy) is 2. The van der Waals surface area contributed by atoms with Gasteiger partial charge in [-0.2, -0.15) is 0 Å². The van der Waals surface area contributed by atoms with E-state index in [9.17, 15) is 0 Å². The van der Waals surface area contributed by atoms with Crippen molar-refractivity contribution < 1.29 is 9.47 Å². The van der Waals surface area contributed by atoms with Gasteiger partial charge in [0.25, 0.3) is 0 Å². The number of rotatable bonds is 7. The van der Waals surface area contributed by atoms with E-state index < -0.39 is 0 Å². The maximum Gasteiger partial charge on any atom is 0.163 e. The van der Waals surface area contributed by atoms with Crippen LogP contribution in [0.5, 0.6) is 11.5 Å². The predicted octanol–water partition coefficient (Wildman–Crippen LogP) is 5.30. The normalized spacial score (nSPS) is 14.9. The van der Waals surface area contributed by atoms with Crippen LogP contribution >= 0.6 is 11.6 Å². The summed E-state index contributed by atoms with van der Waals surface area (Å²) >= 11 is 6.66. The van der Waals surface area contributed by atoms with Crippen LogP contribution in [0.15, 0.2) is 36.4 Å². The minimum atomic E-state index is 0.578. The molecule has 0 amide bonds. The summed E-state index contributed by atoms with van der Waals surface area (Å²) in [4.78, 5) is 7.26. The molecule has 1 fully saturated rings. The second kappa shape index (κ2) is 8.32. The maximum absolute atomic E-state index is 6.66. The third-order valence-electron chi connectivity index (χ3n) is 5.05. The van der Waals surface area contributed by atoms with Crippen molar-refractivity contribution in [3.63, 3.8) is 0 Å². The molecule has 4 rings (SSSR count). The molecule has 0 spiro atoms. The van der Waals surface area contributed by atoms with Gasteiger partial charge in [-0.05, 0) is 51.4 Å². The molecule has 27 heavy (non-hydrogen) atoms. The van der Waals surface area contributed by atoms with Gasteiger partial charge in [0, 0.05) is 23.4 Å². The lowest BCUT2D eigenvalue weighted by Gasteiger charge is -2.16. The SMILES string of the molecule is CCOc1cc2c(Cl)c3ccccc3nc2cc1OCCCN1CCCC1. The molecule has 1 aliphatic heterocycles. The molecule has 0 bridgehead atoms. The number of benzene rings is 2. The third-order valence-corrected chi connectivity index (χ3v) is 5.46. The van der Waals surface area contributed by atoms with Crippen LogP contribution in [0.2, 0.25) is 5.02 Å². The highest BCUT2D eigenvalue weighted by molar-refractivity contribution is 6.40. The van der Waals surface area contributed by atoms with Crippen LogP contribution in [-0.2, 0) is 0 Å². The van der Waals surface area contributed by atoms with E-state index in [-0.39, 0.29) is 0 Å². The van der Waals surface area contributed by atoms with E-state index in [1.165, 1.54) is 25.9 Å². The van der Waals surface area contributed by atoms with Crippen LogP contribution in [0.3, 0.4) is 0 Å². The zero-order valence-corrected chi connectivity index (χ0v) is 16.5. The van der Waals surface area contributed by atoms with Crippen LogP contribution in [0.4, 0.5) is 0 Å². The van der Waals surface area contributed by atoms with Crippen molar-refractivity contribution >= 4 is 33.4 Å². The molecule has 142 valence electrons. The van der Waals surface area contributed by atoms with Crippen molar-refractivity contribution in [1.29, 1.82) is 0 Å². The Hall–Kier alpha value is -2.04. The Morgan fingerprint density at radius 1 is 1.00 bits per heavy atom. The monoisotopic (exact) mass is 384 g/mol. The molecule has 4 nitrogen and oxygen atoms in total. The van der Waals surface area contributed by atoms with Gasteiger partial charge in [-0.15, -0.1) is 0 Å². The fourth-order valence-corrected chi connectivity index (χ4v) is 4.02. The van der Waals surface area contributed by atoms with Crippen molar-refractivity contribution in [2.75, 3.05) is 32.8 Å². The number of hydrogen-bond donors (Lipinski definition) is 0. The van der Waals surface area contributed by atoms with Crippen molar-refractivity contribution in [1.82, 2.24) is 9.88 Å². The summed E-state index contributed by atoms with van der Waals surface area (Å²) in [5.41, 5.74) is 1.72. The van der Waals surface area contributed by atoms with Gasteiger partial charge in [0.05, 0.1) is 29.3 Å². The van der Waals surface area contributed by atoms with Gasteiger partial charge in [0.1, 0.15) is 0 Å². The molecule has 0 saturated carbocycles. The summed E-state index contributed by atoms with van der Waals surface area (Å²) in [5, 5.41) is 2.55. The Labute approximate surface area is 165 Å². The van der Waals surface area contributed by atoms with Crippen molar-refractivity contribution in [2.24, 2.45) is 0 Å². The smallest absolute Gasteiger partial charge is 0.163 e.